The van der Waals surface area contributed by atoms with E-state index in [1.807, 2.05) is 0 Å². The van der Waals surface area contributed by atoms with Crippen LogP contribution in [-0.4, -0.2) is 18.4 Å². The molecule has 5 nitrogen and oxygen atoms in total. The number of sulfonamides is 1. The Labute approximate surface area is 117 Å². The van der Waals surface area contributed by atoms with Crippen LogP contribution in [0.25, 0.3) is 0 Å². The molecule has 2 aromatic rings. The third-order valence-corrected chi connectivity index (χ3v) is 6.66. The molecule has 0 aromatic carbocycles. The second kappa shape index (κ2) is 4.44. The average Bonchev–Trinajstić information content (AvgIpc) is 2.92. The van der Waals surface area contributed by atoms with Gasteiger partial charge in [-0.15, -0.1) is 11.3 Å². The first-order valence-electron chi connectivity index (χ1n) is 5.17. The Morgan fingerprint density at radius 1 is 1.33 bits per heavy atom. The van der Waals surface area contributed by atoms with Crippen LogP contribution < -0.4 is 4.72 Å². The summed E-state index contributed by atoms with van der Waals surface area (Å²) in [6.45, 7) is 0. The highest BCUT2D eigenvalue weighted by molar-refractivity contribution is 7.94. The molecule has 0 bridgehead atoms. The Kier molecular flexibility index (Phi) is 3.05. The minimum absolute atomic E-state index is 0.0999. The number of hydrogen-bond acceptors (Lipinski definition) is 6. The number of halogens is 1. The van der Waals surface area contributed by atoms with Crippen molar-refractivity contribution in [2.75, 3.05) is 4.72 Å². The summed E-state index contributed by atoms with van der Waals surface area (Å²) in [5.41, 5.74) is 1.01. The summed E-state index contributed by atoms with van der Waals surface area (Å²) in [5, 5.41) is 0.421. The van der Waals surface area contributed by atoms with Gasteiger partial charge in [-0.25, -0.2) is 18.4 Å². The molecule has 0 fully saturated rings. The van der Waals surface area contributed by atoms with Crippen molar-refractivity contribution < 1.29 is 8.42 Å². The third kappa shape index (κ3) is 2.25. The van der Waals surface area contributed by atoms with Crippen molar-refractivity contribution in [3.05, 3.63) is 21.2 Å². The lowest BCUT2D eigenvalue weighted by Gasteiger charge is -2.01. The van der Waals surface area contributed by atoms with E-state index in [-0.39, 0.29) is 8.68 Å². The molecule has 0 aliphatic heterocycles. The molecule has 0 radical (unpaired) electrons. The van der Waals surface area contributed by atoms with Gasteiger partial charge in [-0.1, -0.05) is 22.9 Å². The second-order valence-electron chi connectivity index (χ2n) is 3.78. The van der Waals surface area contributed by atoms with Gasteiger partial charge >= 0.3 is 0 Å². The van der Waals surface area contributed by atoms with E-state index >= 15 is 0 Å². The number of aryl methyl sites for hydroxylation is 2. The Bertz CT molecular complexity index is 670. The fourth-order valence-electron chi connectivity index (χ4n) is 1.76. The number of hydrogen-bond donors (Lipinski definition) is 1. The zero-order valence-electron chi connectivity index (χ0n) is 9.01. The monoisotopic (exact) mass is 321 g/mol. The Hall–Kier alpha value is -0.700. The largest absolute Gasteiger partial charge is 0.274 e. The Balaban J connectivity index is 1.87. The smallest absolute Gasteiger partial charge is 0.254 e. The van der Waals surface area contributed by atoms with Crippen LogP contribution >= 0.6 is 34.3 Å². The number of aromatic nitrogens is 2. The van der Waals surface area contributed by atoms with Gasteiger partial charge in [0, 0.05) is 4.88 Å². The lowest BCUT2D eigenvalue weighted by Crippen LogP contribution is -2.11. The van der Waals surface area contributed by atoms with Crippen LogP contribution in [0.3, 0.4) is 0 Å². The molecule has 3 rings (SSSR count). The number of thiazole rings is 2. The normalized spacial score (nSPS) is 14.7. The molecule has 1 N–H and O–H groups in total. The lowest BCUT2D eigenvalue weighted by atomic mass is 10.4. The quantitative estimate of drug-likeness (QED) is 0.943. The molecule has 2 heterocycles. The van der Waals surface area contributed by atoms with Crippen LogP contribution in [0.4, 0.5) is 5.13 Å². The minimum atomic E-state index is -3.61. The van der Waals surface area contributed by atoms with Crippen LogP contribution in [0, 0.1) is 0 Å². The maximum absolute atomic E-state index is 12.0. The fraction of sp³-hybridized carbons (Fsp3) is 0.333. The molecule has 0 unspecified atom stereocenters. The molecule has 18 heavy (non-hydrogen) atoms. The van der Waals surface area contributed by atoms with Crippen molar-refractivity contribution >= 4 is 49.4 Å². The van der Waals surface area contributed by atoms with Crippen LogP contribution in [0.15, 0.2) is 10.4 Å². The van der Waals surface area contributed by atoms with Gasteiger partial charge in [0.05, 0.1) is 11.9 Å². The third-order valence-electron chi connectivity index (χ3n) is 2.54. The van der Waals surface area contributed by atoms with E-state index in [1.165, 1.54) is 22.4 Å². The summed E-state index contributed by atoms with van der Waals surface area (Å²) in [4.78, 5) is 9.19. The fourth-order valence-corrected chi connectivity index (χ4v) is 5.34. The highest BCUT2D eigenvalue weighted by Crippen LogP contribution is 2.32. The van der Waals surface area contributed by atoms with Crippen LogP contribution in [0.2, 0.25) is 4.47 Å². The first-order chi connectivity index (χ1) is 8.54. The molecule has 0 saturated carbocycles. The molecule has 0 spiro atoms. The van der Waals surface area contributed by atoms with Gasteiger partial charge in [0.1, 0.15) is 0 Å². The van der Waals surface area contributed by atoms with Crippen molar-refractivity contribution in [3.8, 4) is 0 Å². The van der Waals surface area contributed by atoms with Crippen molar-refractivity contribution in [3.63, 3.8) is 0 Å². The van der Waals surface area contributed by atoms with Gasteiger partial charge in [-0.2, -0.15) is 0 Å². The molecule has 1 aliphatic carbocycles. The van der Waals surface area contributed by atoms with E-state index in [2.05, 4.69) is 14.7 Å². The summed E-state index contributed by atoms with van der Waals surface area (Å²) in [6, 6.07) is 0. The number of rotatable bonds is 3. The van der Waals surface area contributed by atoms with Gasteiger partial charge in [0.15, 0.2) is 13.8 Å². The summed E-state index contributed by atoms with van der Waals surface area (Å²) in [7, 11) is -3.61. The van der Waals surface area contributed by atoms with E-state index in [0.717, 1.165) is 36.3 Å². The first-order valence-corrected chi connectivity index (χ1v) is 8.67. The van der Waals surface area contributed by atoms with Gasteiger partial charge in [0.2, 0.25) is 0 Å². The summed E-state index contributed by atoms with van der Waals surface area (Å²) in [5.74, 6) is 0. The Morgan fingerprint density at radius 3 is 2.83 bits per heavy atom. The van der Waals surface area contributed by atoms with Crippen molar-refractivity contribution in [1.29, 1.82) is 0 Å². The molecular weight excluding hydrogens is 314 g/mol. The van der Waals surface area contributed by atoms with Crippen LogP contribution in [0.1, 0.15) is 17.0 Å². The molecule has 0 saturated heterocycles. The summed E-state index contributed by atoms with van der Waals surface area (Å²) in [6.07, 6.45) is 4.27. The molecule has 96 valence electrons. The molecule has 0 amide bonds. The van der Waals surface area contributed by atoms with E-state index in [4.69, 9.17) is 11.6 Å². The number of nitrogens with one attached hydrogen (secondary N) is 1. The van der Waals surface area contributed by atoms with Gasteiger partial charge in [-0.05, 0) is 19.3 Å². The SMILES string of the molecule is O=S(=O)(Nc1nc2c(s1)CCC2)c1cnc(Cl)s1. The highest BCUT2D eigenvalue weighted by Gasteiger charge is 2.22. The van der Waals surface area contributed by atoms with Crippen molar-refractivity contribution in [2.24, 2.45) is 0 Å². The second-order valence-corrected chi connectivity index (χ2v) is 8.39. The topological polar surface area (TPSA) is 72.0 Å². The van der Waals surface area contributed by atoms with E-state index in [9.17, 15) is 8.42 Å². The van der Waals surface area contributed by atoms with E-state index in [1.54, 1.807) is 0 Å². The van der Waals surface area contributed by atoms with Gasteiger partial charge < -0.3 is 0 Å². The maximum Gasteiger partial charge on any atom is 0.274 e. The summed E-state index contributed by atoms with van der Waals surface area (Å²) >= 11 is 7.96. The van der Waals surface area contributed by atoms with Crippen LogP contribution in [0.5, 0.6) is 0 Å². The highest BCUT2D eigenvalue weighted by atomic mass is 35.5. The minimum Gasteiger partial charge on any atom is -0.254 e. The molecule has 0 atom stereocenters. The van der Waals surface area contributed by atoms with E-state index in [0.29, 0.717) is 5.13 Å². The van der Waals surface area contributed by atoms with Crippen molar-refractivity contribution in [2.45, 2.75) is 23.5 Å². The standard InChI is InChI=1S/C9H8ClN3O2S3/c10-8-11-4-7(17-8)18(14,15)13-9-12-5-2-1-3-6(5)16-9/h4H,1-3H2,(H,12,13). The number of fused-ring (bicyclic) bond motifs is 1. The molecule has 2 aromatic heterocycles. The first kappa shape index (κ1) is 12.3. The number of anilines is 1. The van der Waals surface area contributed by atoms with E-state index < -0.39 is 10.0 Å². The molecular formula is C9H8ClN3O2S3. The summed E-state index contributed by atoms with van der Waals surface area (Å²) < 4.78 is 26.8. The van der Waals surface area contributed by atoms with Gasteiger partial charge in [0.25, 0.3) is 10.0 Å². The molecule has 9 heteroatoms. The van der Waals surface area contributed by atoms with Gasteiger partial charge in [-0.3, -0.25) is 4.72 Å². The predicted octanol–water partition coefficient (Wildman–Crippen LogP) is 2.54. The Morgan fingerprint density at radius 2 is 2.17 bits per heavy atom. The average molecular weight is 322 g/mol. The van der Waals surface area contributed by atoms with Crippen molar-refractivity contribution in [1.82, 2.24) is 9.97 Å². The maximum atomic E-state index is 12.0. The molecule has 1 aliphatic rings. The van der Waals surface area contributed by atoms with Crippen LogP contribution in [-0.2, 0) is 22.9 Å². The zero-order valence-corrected chi connectivity index (χ0v) is 12.2. The number of nitrogens with zero attached hydrogens (tertiary/aromatic N) is 2. The zero-order chi connectivity index (χ0) is 12.8. The predicted molar refractivity (Wildman–Crippen MR) is 72.1 cm³/mol. The lowest BCUT2D eigenvalue weighted by molar-refractivity contribution is 0.603.